The number of β-amino-alcohol motifs (C(OH)–C–C–N with tert-alkyl or cyclic N) is 1. The van der Waals surface area contributed by atoms with E-state index < -0.39 is 29.2 Å². The highest BCUT2D eigenvalue weighted by molar-refractivity contribution is 6.03. The topological polar surface area (TPSA) is 185 Å². The molecule has 3 amide bonds. The molecule has 17 heteroatoms. The number of anilines is 1. The summed E-state index contributed by atoms with van der Waals surface area (Å²) in [6, 6.07) is 5.07. The number of likely N-dealkylation sites (N-methyl/N-ethyl adjacent to an activating group) is 1. The number of hydrogen-bond donors (Lipinski definition) is 5. The molecule has 4 aromatic rings. The minimum atomic E-state index is -0.789. The first-order valence-electron chi connectivity index (χ1n) is 23.2. The van der Waals surface area contributed by atoms with Gasteiger partial charge in [0.1, 0.15) is 41.2 Å². The molecule has 0 radical (unpaired) electrons. The van der Waals surface area contributed by atoms with Gasteiger partial charge >= 0.3 is 6.01 Å². The molecule has 6 atom stereocenters. The number of aromatic hydroxyl groups is 1. The van der Waals surface area contributed by atoms with Crippen molar-refractivity contribution in [3.05, 3.63) is 47.7 Å². The highest BCUT2D eigenvalue weighted by Gasteiger charge is 2.38. The van der Waals surface area contributed by atoms with Gasteiger partial charge in [-0.1, -0.05) is 45.6 Å². The van der Waals surface area contributed by atoms with Crippen LogP contribution in [0, 0.1) is 29.4 Å². The maximum atomic E-state index is 17.0. The van der Waals surface area contributed by atoms with E-state index in [1.807, 2.05) is 27.8 Å². The molecule has 352 valence electrons. The Morgan fingerprint density at radius 2 is 1.73 bits per heavy atom. The second-order valence-electron chi connectivity index (χ2n) is 19.6. The zero-order valence-electron chi connectivity index (χ0n) is 38.2. The number of likely N-dealkylation sites (tertiary alicyclic amines) is 2. The first-order valence-corrected chi connectivity index (χ1v) is 23.2. The van der Waals surface area contributed by atoms with E-state index in [0.717, 1.165) is 25.7 Å². The van der Waals surface area contributed by atoms with Crippen LogP contribution in [0.5, 0.6) is 11.8 Å². The van der Waals surface area contributed by atoms with Gasteiger partial charge in [-0.05, 0) is 74.6 Å². The molecule has 2 aromatic carbocycles. The molecule has 2 aromatic heterocycles. The Morgan fingerprint density at radius 1 is 1.00 bits per heavy atom. The molecule has 0 saturated carbocycles. The van der Waals surface area contributed by atoms with Crippen LogP contribution in [0.1, 0.15) is 90.5 Å². The van der Waals surface area contributed by atoms with E-state index in [4.69, 9.17) is 16.1 Å². The number of aliphatic hydroxyl groups excluding tert-OH is 1. The number of carbonyl (C=O) groups is 3. The fraction of sp³-hybridized carbons (Fsp3) is 0.551. The number of fused-ring (bicyclic) bond motifs is 4. The molecule has 5 N–H and O–H groups in total. The number of pyridine rings is 1. The van der Waals surface area contributed by atoms with Crippen molar-refractivity contribution in [2.75, 3.05) is 51.3 Å². The van der Waals surface area contributed by atoms with Gasteiger partial charge in [0.2, 0.25) is 17.7 Å². The first-order chi connectivity index (χ1) is 31.6. The smallest absolute Gasteiger partial charge is 0.319 e. The van der Waals surface area contributed by atoms with Crippen molar-refractivity contribution < 1.29 is 38.1 Å². The molecule has 4 saturated heterocycles. The number of nitrogens with zero attached hydrogens (tertiary/aromatic N) is 6. The predicted molar refractivity (Wildman–Crippen MR) is 247 cm³/mol. The van der Waals surface area contributed by atoms with E-state index in [1.54, 1.807) is 4.90 Å². The average molecular weight is 910 g/mol. The van der Waals surface area contributed by atoms with Crippen molar-refractivity contribution in [3.63, 3.8) is 0 Å². The van der Waals surface area contributed by atoms with Gasteiger partial charge in [0.05, 0.1) is 17.1 Å². The van der Waals surface area contributed by atoms with Gasteiger partial charge in [0, 0.05) is 86.9 Å². The molecular weight excluding hydrogens is 849 g/mol. The van der Waals surface area contributed by atoms with Gasteiger partial charge < -0.3 is 40.7 Å². The zero-order chi connectivity index (χ0) is 46.9. The number of unbranched alkanes of at least 4 members (excludes halogenated alkanes) is 3. The molecule has 8 rings (SSSR count). The zero-order valence-corrected chi connectivity index (χ0v) is 38.2. The van der Waals surface area contributed by atoms with Crippen molar-refractivity contribution in [3.8, 4) is 35.4 Å². The fourth-order valence-electron chi connectivity index (χ4n) is 10.0. The third-order valence-electron chi connectivity index (χ3n) is 13.5. The lowest BCUT2D eigenvalue weighted by atomic mass is 9.85. The van der Waals surface area contributed by atoms with Crippen molar-refractivity contribution >= 4 is 45.2 Å². The number of carbonyl (C=O) groups excluding carboxylic acids is 3. The van der Waals surface area contributed by atoms with E-state index in [0.29, 0.717) is 74.9 Å². The lowest BCUT2D eigenvalue weighted by Crippen LogP contribution is -2.54. The molecule has 4 fully saturated rings. The quantitative estimate of drug-likeness (QED) is 0.0814. The number of hydrogen-bond acceptors (Lipinski definition) is 12. The molecule has 6 heterocycles. The molecule has 0 spiro atoms. The molecule has 4 unspecified atom stereocenters. The summed E-state index contributed by atoms with van der Waals surface area (Å²) in [5, 5.41) is 31.3. The summed E-state index contributed by atoms with van der Waals surface area (Å²) < 4.78 is 38.3. The fourth-order valence-corrected chi connectivity index (χ4v) is 10.0. The third kappa shape index (κ3) is 10.3. The molecule has 4 aliphatic heterocycles. The Bertz CT molecular complexity index is 2520. The van der Waals surface area contributed by atoms with Crippen LogP contribution in [0.3, 0.4) is 0 Å². The normalized spacial score (nSPS) is 22.5. The predicted octanol–water partition coefficient (Wildman–Crippen LogP) is 4.78. The SMILES string of the molecule is C#Cc1c(F)ccc2cc(O)cc(-c3ncc4c(N5CC6CCC(C5)N6)nc(OCC5C[C@@H](NC(=O)CCCCCCC(=O)NC(C(=O)N6CC[C@@H](O)C6)C(C)(C)C)CN5C)nc4c3F)c12. The number of amides is 3. The molecule has 2 bridgehead atoms. The summed E-state index contributed by atoms with van der Waals surface area (Å²) in [7, 11) is 1.96. The van der Waals surface area contributed by atoms with Gasteiger partial charge in [-0.25, -0.2) is 8.78 Å². The monoisotopic (exact) mass is 909 g/mol. The number of halogens is 2. The van der Waals surface area contributed by atoms with Crippen LogP contribution in [-0.4, -0.2) is 135 Å². The summed E-state index contributed by atoms with van der Waals surface area (Å²) in [6.45, 7) is 8.63. The van der Waals surface area contributed by atoms with Gasteiger partial charge in [-0.2, -0.15) is 9.97 Å². The van der Waals surface area contributed by atoms with Crippen molar-refractivity contribution in [2.45, 2.75) is 121 Å². The molecule has 15 nitrogen and oxygen atoms in total. The lowest BCUT2D eigenvalue weighted by Gasteiger charge is -2.34. The van der Waals surface area contributed by atoms with Crippen LogP contribution < -0.4 is 25.6 Å². The number of rotatable bonds is 15. The minimum absolute atomic E-state index is 0.0146. The molecular formula is C49H61F2N9O6. The van der Waals surface area contributed by atoms with Gasteiger partial charge in [-0.15, -0.1) is 6.42 Å². The van der Waals surface area contributed by atoms with E-state index in [9.17, 15) is 29.0 Å². The lowest BCUT2D eigenvalue weighted by molar-refractivity contribution is -0.138. The number of phenolic OH excluding ortho intramolecular Hbond substituents is 1. The average Bonchev–Trinajstić information content (AvgIpc) is 3.98. The summed E-state index contributed by atoms with van der Waals surface area (Å²) >= 11 is 0. The largest absolute Gasteiger partial charge is 0.508 e. The first kappa shape index (κ1) is 46.8. The van der Waals surface area contributed by atoms with Crippen LogP contribution in [0.25, 0.3) is 32.9 Å². The van der Waals surface area contributed by atoms with Crippen LogP contribution in [-0.2, 0) is 14.4 Å². The second kappa shape index (κ2) is 19.6. The van der Waals surface area contributed by atoms with E-state index >= 15 is 4.39 Å². The van der Waals surface area contributed by atoms with Crippen LogP contribution in [0.2, 0.25) is 0 Å². The Balaban J connectivity index is 0.875. The van der Waals surface area contributed by atoms with E-state index in [1.165, 1.54) is 30.5 Å². The number of aromatic nitrogens is 3. The van der Waals surface area contributed by atoms with Crippen LogP contribution >= 0.6 is 0 Å². The number of benzene rings is 2. The third-order valence-corrected chi connectivity index (χ3v) is 13.5. The van der Waals surface area contributed by atoms with Gasteiger partial charge in [0.15, 0.2) is 5.82 Å². The summed E-state index contributed by atoms with van der Waals surface area (Å²) in [4.78, 5) is 58.8. The Hall–Kier alpha value is -5.70. The molecule has 4 aliphatic rings. The van der Waals surface area contributed by atoms with Crippen LogP contribution in [0.15, 0.2) is 30.5 Å². The number of piperazine rings is 1. The van der Waals surface area contributed by atoms with Crippen molar-refractivity contribution in [2.24, 2.45) is 5.41 Å². The maximum absolute atomic E-state index is 17.0. The number of terminal acetylenes is 1. The number of phenols is 1. The Labute approximate surface area is 384 Å². The maximum Gasteiger partial charge on any atom is 0.319 e. The highest BCUT2D eigenvalue weighted by Crippen LogP contribution is 2.39. The van der Waals surface area contributed by atoms with Gasteiger partial charge in [0.25, 0.3) is 0 Å². The van der Waals surface area contributed by atoms with Crippen LogP contribution in [0.4, 0.5) is 14.6 Å². The van der Waals surface area contributed by atoms with Gasteiger partial charge in [-0.3, -0.25) is 24.3 Å². The molecule has 0 aliphatic carbocycles. The number of nitrogens with one attached hydrogen (secondary N) is 3. The second-order valence-corrected chi connectivity index (χ2v) is 19.6. The summed E-state index contributed by atoms with van der Waals surface area (Å²) in [6.07, 6.45) is 13.4. The number of aliphatic hydroxyl groups is 1. The standard InChI is InChI=1S/C49H61F2N9O6/c1-6-35-38(50)16-13-28-19-34(62)21-36(41(28)35)43-42(51)44-37(22-52-43)46(60-24-29-14-15-30(25-60)53-29)57-48(56-44)66-27-32-20-31(23-58(32)5)54-39(63)11-9-7-8-10-12-40(64)55-45(49(2,3)4)47(65)59-18-17-33(61)26-59/h1,13,16,19,21-22,29-33,45,53,61-62H,7-12,14-15,17-18,20,23-27H2,2-5H3,(H,54,63)(H,55,64)/t29?,30?,31-,32?,33-,45?/m1/s1. The summed E-state index contributed by atoms with van der Waals surface area (Å²) in [5.41, 5.74) is -0.612. The number of ether oxygens (including phenoxy) is 1. The van der Waals surface area contributed by atoms with E-state index in [2.05, 4.69) is 41.6 Å². The van der Waals surface area contributed by atoms with E-state index in [-0.39, 0.29) is 101 Å². The highest BCUT2D eigenvalue weighted by atomic mass is 19.1. The molecule has 66 heavy (non-hydrogen) atoms. The van der Waals surface area contributed by atoms with Crippen molar-refractivity contribution in [1.82, 2.24) is 40.7 Å². The Morgan fingerprint density at radius 3 is 2.41 bits per heavy atom. The Kier molecular flexibility index (Phi) is 13.9. The summed E-state index contributed by atoms with van der Waals surface area (Å²) in [5.74, 6) is 0.879. The minimum Gasteiger partial charge on any atom is -0.508 e. The van der Waals surface area contributed by atoms with Crippen molar-refractivity contribution in [1.29, 1.82) is 0 Å².